The Morgan fingerprint density at radius 2 is 1.28 bits per heavy atom. The summed E-state index contributed by atoms with van der Waals surface area (Å²) in [4.78, 5) is 31.2. The number of anilines is 1. The lowest BCUT2D eigenvalue weighted by molar-refractivity contribution is -0.384. The summed E-state index contributed by atoms with van der Waals surface area (Å²) in [6.45, 7) is 6.86. The maximum atomic E-state index is 14.1. The lowest BCUT2D eigenvalue weighted by atomic mass is 10.1. The van der Waals surface area contributed by atoms with Crippen molar-refractivity contribution in [3.63, 3.8) is 0 Å². The van der Waals surface area contributed by atoms with E-state index in [0.29, 0.717) is 36.2 Å². The molecule has 0 saturated heterocycles. The molecule has 0 saturated carbocycles. The number of hydrogen-bond acceptors (Lipinski definition) is 6. The minimum absolute atomic E-state index is 0.0963. The van der Waals surface area contributed by atoms with Crippen molar-refractivity contribution in [2.24, 2.45) is 4.99 Å². The molecule has 8 heteroatoms. The molecule has 0 radical (unpaired) electrons. The van der Waals surface area contributed by atoms with E-state index in [9.17, 15) is 14.9 Å². The second kappa shape index (κ2) is 12.5. The first-order chi connectivity index (χ1) is 18.9. The van der Waals surface area contributed by atoms with E-state index in [1.165, 1.54) is 29.2 Å². The van der Waals surface area contributed by atoms with Gasteiger partial charge >= 0.3 is 0 Å². The van der Waals surface area contributed by atoms with Crippen LogP contribution in [-0.4, -0.2) is 29.9 Å². The molecule has 198 valence electrons. The Bertz CT molecular complexity index is 1450. The van der Waals surface area contributed by atoms with Gasteiger partial charge in [-0.05, 0) is 81.4 Å². The van der Waals surface area contributed by atoms with Gasteiger partial charge in [0.2, 0.25) is 0 Å². The van der Waals surface area contributed by atoms with Gasteiger partial charge in [0.25, 0.3) is 11.6 Å². The zero-order chi connectivity index (χ0) is 27.8. The number of amidine groups is 1. The standard InChI is InChI=1S/C31H29N3O5/c1-4-38-28-18-12-25(13-19-28)32-30(23-8-6-22(3)7-9-23)33(26-16-20-29(21-17-26)39-5-2)31(35)24-10-14-27(15-11-24)34(36)37/h6-21H,4-5H2,1-3H3. The lowest BCUT2D eigenvalue weighted by Crippen LogP contribution is -2.37. The van der Waals surface area contributed by atoms with Crippen LogP contribution in [0.5, 0.6) is 11.5 Å². The van der Waals surface area contributed by atoms with Crippen LogP contribution in [0, 0.1) is 17.0 Å². The maximum Gasteiger partial charge on any atom is 0.269 e. The number of carbonyl (C=O) groups excluding carboxylic acids is 1. The van der Waals surface area contributed by atoms with Crippen LogP contribution in [0.4, 0.5) is 17.1 Å². The predicted octanol–water partition coefficient (Wildman–Crippen LogP) is 7.13. The Kier molecular flexibility index (Phi) is 8.68. The number of rotatable bonds is 9. The molecular weight excluding hydrogens is 494 g/mol. The summed E-state index contributed by atoms with van der Waals surface area (Å²) in [6.07, 6.45) is 0. The molecule has 4 aromatic carbocycles. The highest BCUT2D eigenvalue weighted by atomic mass is 16.6. The second-order valence-corrected chi connectivity index (χ2v) is 8.60. The third kappa shape index (κ3) is 6.67. The first-order valence-electron chi connectivity index (χ1n) is 12.6. The third-order valence-electron chi connectivity index (χ3n) is 5.84. The Morgan fingerprint density at radius 1 is 0.769 bits per heavy atom. The summed E-state index contributed by atoms with van der Waals surface area (Å²) in [5.41, 5.74) is 3.16. The molecule has 1 amide bonds. The number of ether oxygens (including phenoxy) is 2. The van der Waals surface area contributed by atoms with E-state index in [-0.39, 0.29) is 17.2 Å². The van der Waals surface area contributed by atoms with Crippen LogP contribution in [0.15, 0.2) is 102 Å². The topological polar surface area (TPSA) is 94.3 Å². The van der Waals surface area contributed by atoms with Crippen LogP contribution in [0.1, 0.15) is 35.3 Å². The van der Waals surface area contributed by atoms with Crippen LogP contribution >= 0.6 is 0 Å². The Hall–Kier alpha value is -4.98. The Morgan fingerprint density at radius 3 is 1.79 bits per heavy atom. The van der Waals surface area contributed by atoms with E-state index in [1.807, 2.05) is 69.3 Å². The van der Waals surface area contributed by atoms with Crippen molar-refractivity contribution in [3.05, 3.63) is 124 Å². The van der Waals surface area contributed by atoms with Crippen molar-refractivity contribution in [2.75, 3.05) is 18.1 Å². The van der Waals surface area contributed by atoms with Gasteiger partial charge in [-0.15, -0.1) is 0 Å². The molecule has 4 rings (SSSR count). The highest BCUT2D eigenvalue weighted by Gasteiger charge is 2.25. The SMILES string of the molecule is CCOc1ccc(N=C(c2ccc(C)cc2)N(C(=O)c2ccc([N+](=O)[O-])cc2)c2ccc(OCC)cc2)cc1. The molecule has 0 aliphatic carbocycles. The number of carbonyl (C=O) groups is 1. The van der Waals surface area contributed by atoms with E-state index >= 15 is 0 Å². The van der Waals surface area contributed by atoms with Gasteiger partial charge in [0.1, 0.15) is 17.3 Å². The Labute approximate surface area is 227 Å². The minimum Gasteiger partial charge on any atom is -0.494 e. The smallest absolute Gasteiger partial charge is 0.269 e. The van der Waals surface area contributed by atoms with E-state index in [4.69, 9.17) is 14.5 Å². The number of nitrogens with zero attached hydrogens (tertiary/aromatic N) is 3. The highest BCUT2D eigenvalue weighted by molar-refractivity contribution is 6.28. The molecule has 4 aromatic rings. The molecule has 0 heterocycles. The van der Waals surface area contributed by atoms with Crippen molar-refractivity contribution in [2.45, 2.75) is 20.8 Å². The van der Waals surface area contributed by atoms with E-state index in [1.54, 1.807) is 24.3 Å². The molecule has 0 aliphatic heterocycles. The molecule has 0 aliphatic rings. The Balaban J connectivity index is 1.88. The molecule has 8 nitrogen and oxygen atoms in total. The summed E-state index contributed by atoms with van der Waals surface area (Å²) in [7, 11) is 0. The number of aryl methyl sites for hydroxylation is 1. The number of non-ortho nitro benzene ring substituents is 1. The molecule has 0 bridgehead atoms. The van der Waals surface area contributed by atoms with Crippen LogP contribution in [0.3, 0.4) is 0 Å². The average molecular weight is 524 g/mol. The van der Waals surface area contributed by atoms with Gasteiger partial charge in [0.15, 0.2) is 0 Å². The number of aliphatic imine (C=N–C) groups is 1. The summed E-state index contributed by atoms with van der Waals surface area (Å²) in [5.74, 6) is 1.40. The monoisotopic (exact) mass is 523 g/mol. The fraction of sp³-hybridized carbons (Fsp3) is 0.161. The van der Waals surface area contributed by atoms with Crippen molar-refractivity contribution < 1.29 is 19.2 Å². The summed E-state index contributed by atoms with van der Waals surface area (Å²) < 4.78 is 11.2. The van der Waals surface area contributed by atoms with Crippen molar-refractivity contribution in [1.82, 2.24) is 0 Å². The number of benzene rings is 4. The van der Waals surface area contributed by atoms with E-state index in [0.717, 1.165) is 16.9 Å². The number of amides is 1. The molecule has 0 unspecified atom stereocenters. The zero-order valence-electron chi connectivity index (χ0n) is 22.0. The fourth-order valence-electron chi connectivity index (χ4n) is 3.90. The number of nitro benzene ring substituents is 1. The largest absolute Gasteiger partial charge is 0.494 e. The van der Waals surface area contributed by atoms with Gasteiger partial charge in [-0.2, -0.15) is 0 Å². The predicted molar refractivity (Wildman–Crippen MR) is 153 cm³/mol. The van der Waals surface area contributed by atoms with Gasteiger partial charge in [-0.3, -0.25) is 19.8 Å². The van der Waals surface area contributed by atoms with E-state index < -0.39 is 4.92 Å². The van der Waals surface area contributed by atoms with Crippen LogP contribution < -0.4 is 14.4 Å². The molecule has 0 atom stereocenters. The lowest BCUT2D eigenvalue weighted by Gasteiger charge is -2.25. The van der Waals surface area contributed by atoms with Crippen LogP contribution in [0.25, 0.3) is 0 Å². The molecule has 39 heavy (non-hydrogen) atoms. The fourth-order valence-corrected chi connectivity index (χ4v) is 3.90. The molecule has 0 spiro atoms. The molecule has 0 aromatic heterocycles. The van der Waals surface area contributed by atoms with Crippen molar-refractivity contribution in [3.8, 4) is 11.5 Å². The van der Waals surface area contributed by atoms with Gasteiger partial charge < -0.3 is 9.47 Å². The van der Waals surface area contributed by atoms with Gasteiger partial charge in [-0.1, -0.05) is 29.8 Å². The summed E-state index contributed by atoms with van der Waals surface area (Å²) in [6, 6.07) is 27.7. The molecule has 0 fully saturated rings. The second-order valence-electron chi connectivity index (χ2n) is 8.60. The first kappa shape index (κ1) is 27.1. The average Bonchev–Trinajstić information content (AvgIpc) is 2.95. The maximum absolute atomic E-state index is 14.1. The summed E-state index contributed by atoms with van der Waals surface area (Å²) >= 11 is 0. The van der Waals surface area contributed by atoms with Gasteiger partial charge in [0.05, 0.1) is 29.5 Å². The van der Waals surface area contributed by atoms with E-state index in [2.05, 4.69) is 0 Å². The van der Waals surface area contributed by atoms with Crippen LogP contribution in [0.2, 0.25) is 0 Å². The quantitative estimate of drug-likeness (QED) is 0.101. The zero-order valence-corrected chi connectivity index (χ0v) is 22.0. The molecular formula is C31H29N3O5. The van der Waals surface area contributed by atoms with Gasteiger partial charge in [0, 0.05) is 23.3 Å². The molecule has 0 N–H and O–H groups in total. The first-order valence-corrected chi connectivity index (χ1v) is 12.6. The third-order valence-corrected chi connectivity index (χ3v) is 5.84. The van der Waals surface area contributed by atoms with Crippen molar-refractivity contribution >= 4 is 28.8 Å². The highest BCUT2D eigenvalue weighted by Crippen LogP contribution is 2.27. The normalized spacial score (nSPS) is 11.1. The minimum atomic E-state index is -0.496. The van der Waals surface area contributed by atoms with Crippen molar-refractivity contribution in [1.29, 1.82) is 0 Å². The van der Waals surface area contributed by atoms with Gasteiger partial charge in [-0.25, -0.2) is 4.99 Å². The number of nitro groups is 1. The van der Waals surface area contributed by atoms with Crippen LogP contribution in [-0.2, 0) is 0 Å². The summed E-state index contributed by atoms with van der Waals surface area (Å²) in [5, 5.41) is 11.2. The number of hydrogen-bond donors (Lipinski definition) is 0.